The Morgan fingerprint density at radius 2 is 1.92 bits per heavy atom. The van der Waals surface area contributed by atoms with E-state index in [1.807, 2.05) is 30.3 Å². The number of hydrogen-bond donors (Lipinski definition) is 1. The van der Waals surface area contributed by atoms with Crippen LogP contribution in [-0.4, -0.2) is 24.1 Å². The largest absolute Gasteiger partial charge is 0.493 e. The van der Waals surface area contributed by atoms with Crippen LogP contribution >= 0.6 is 0 Å². The van der Waals surface area contributed by atoms with E-state index in [-0.39, 0.29) is 12.0 Å². The summed E-state index contributed by atoms with van der Waals surface area (Å²) in [5.41, 5.74) is 1.64. The molecule has 5 heteroatoms. The van der Waals surface area contributed by atoms with Crippen LogP contribution in [0.1, 0.15) is 31.2 Å². The molecule has 0 radical (unpaired) electrons. The van der Waals surface area contributed by atoms with E-state index in [2.05, 4.69) is 10.3 Å². The van der Waals surface area contributed by atoms with Crippen molar-refractivity contribution in [1.82, 2.24) is 4.98 Å². The van der Waals surface area contributed by atoms with Crippen molar-refractivity contribution in [3.8, 4) is 11.5 Å². The monoisotopic (exact) mass is 326 g/mol. The second-order valence-corrected chi connectivity index (χ2v) is 5.97. The SMILES string of the molecule is COc1ccc(NC(=O)Cc2ccncc2)cc1OC1CCCC1. The minimum absolute atomic E-state index is 0.0711. The Kier molecular flexibility index (Phi) is 5.31. The van der Waals surface area contributed by atoms with Gasteiger partial charge in [-0.25, -0.2) is 0 Å². The lowest BCUT2D eigenvalue weighted by Gasteiger charge is -2.17. The number of rotatable bonds is 6. The van der Waals surface area contributed by atoms with Gasteiger partial charge in [0.25, 0.3) is 0 Å². The zero-order valence-corrected chi connectivity index (χ0v) is 13.8. The van der Waals surface area contributed by atoms with E-state index >= 15 is 0 Å². The van der Waals surface area contributed by atoms with Gasteiger partial charge in [0.2, 0.25) is 5.91 Å². The van der Waals surface area contributed by atoms with Crippen molar-refractivity contribution >= 4 is 11.6 Å². The molecule has 1 N–H and O–H groups in total. The first kappa shape index (κ1) is 16.3. The maximum Gasteiger partial charge on any atom is 0.228 e. The van der Waals surface area contributed by atoms with Crippen LogP contribution in [0.2, 0.25) is 0 Å². The highest BCUT2D eigenvalue weighted by molar-refractivity contribution is 5.92. The molecular formula is C19H22N2O3. The van der Waals surface area contributed by atoms with E-state index in [1.165, 1.54) is 12.8 Å². The van der Waals surface area contributed by atoms with Crippen molar-refractivity contribution in [3.05, 3.63) is 48.3 Å². The Bertz CT molecular complexity index is 682. The summed E-state index contributed by atoms with van der Waals surface area (Å²) in [7, 11) is 1.62. The van der Waals surface area contributed by atoms with E-state index in [9.17, 15) is 4.79 Å². The number of amides is 1. The molecule has 0 unspecified atom stereocenters. The highest BCUT2D eigenvalue weighted by Crippen LogP contribution is 2.33. The lowest BCUT2D eigenvalue weighted by molar-refractivity contribution is -0.115. The molecule has 5 nitrogen and oxygen atoms in total. The van der Waals surface area contributed by atoms with Crippen molar-refractivity contribution in [3.63, 3.8) is 0 Å². The Morgan fingerprint density at radius 3 is 2.62 bits per heavy atom. The number of anilines is 1. The summed E-state index contributed by atoms with van der Waals surface area (Å²) in [6.45, 7) is 0. The average Bonchev–Trinajstić information content (AvgIpc) is 3.09. The predicted octanol–water partition coefficient (Wildman–Crippen LogP) is 3.59. The Balaban J connectivity index is 1.67. The summed E-state index contributed by atoms with van der Waals surface area (Å²) in [6.07, 6.45) is 8.47. The van der Waals surface area contributed by atoms with E-state index < -0.39 is 0 Å². The van der Waals surface area contributed by atoms with Crippen LogP contribution in [0.3, 0.4) is 0 Å². The third kappa shape index (κ3) is 4.25. The van der Waals surface area contributed by atoms with Gasteiger partial charge in [0.05, 0.1) is 19.6 Å². The molecule has 1 aromatic heterocycles. The van der Waals surface area contributed by atoms with Crippen LogP contribution < -0.4 is 14.8 Å². The number of hydrogen-bond acceptors (Lipinski definition) is 4. The van der Waals surface area contributed by atoms with Crippen molar-refractivity contribution in [2.75, 3.05) is 12.4 Å². The molecule has 3 rings (SSSR count). The summed E-state index contributed by atoms with van der Waals surface area (Å²) >= 11 is 0. The van der Waals surface area contributed by atoms with Gasteiger partial charge < -0.3 is 14.8 Å². The number of nitrogens with zero attached hydrogens (tertiary/aromatic N) is 1. The van der Waals surface area contributed by atoms with Crippen LogP contribution in [0.25, 0.3) is 0 Å². The van der Waals surface area contributed by atoms with E-state index in [0.717, 1.165) is 18.4 Å². The molecular weight excluding hydrogens is 304 g/mol. The molecule has 24 heavy (non-hydrogen) atoms. The fourth-order valence-electron chi connectivity index (χ4n) is 2.92. The second kappa shape index (κ2) is 7.81. The number of aromatic nitrogens is 1. The Hall–Kier alpha value is -2.56. The molecule has 1 aliphatic rings. The zero-order chi connectivity index (χ0) is 16.8. The van der Waals surface area contributed by atoms with Gasteiger partial charge in [-0.05, 0) is 55.5 Å². The molecule has 1 heterocycles. The van der Waals surface area contributed by atoms with Crippen molar-refractivity contribution < 1.29 is 14.3 Å². The Labute approximate surface area is 142 Å². The molecule has 1 saturated carbocycles. The highest BCUT2D eigenvalue weighted by Gasteiger charge is 2.19. The van der Waals surface area contributed by atoms with Crippen molar-refractivity contribution in [1.29, 1.82) is 0 Å². The molecule has 1 aromatic carbocycles. The molecule has 1 amide bonds. The van der Waals surface area contributed by atoms with Crippen molar-refractivity contribution in [2.24, 2.45) is 0 Å². The fraction of sp³-hybridized carbons (Fsp3) is 0.368. The summed E-state index contributed by atoms with van der Waals surface area (Å²) in [5, 5.41) is 2.91. The fourth-order valence-corrected chi connectivity index (χ4v) is 2.92. The number of benzene rings is 1. The minimum Gasteiger partial charge on any atom is -0.493 e. The normalized spacial score (nSPS) is 14.4. The van der Waals surface area contributed by atoms with Gasteiger partial charge in [0, 0.05) is 24.1 Å². The van der Waals surface area contributed by atoms with Crippen molar-refractivity contribution in [2.45, 2.75) is 38.2 Å². The number of nitrogens with one attached hydrogen (secondary N) is 1. The van der Waals surface area contributed by atoms with Gasteiger partial charge in [-0.15, -0.1) is 0 Å². The van der Waals surface area contributed by atoms with E-state index in [4.69, 9.17) is 9.47 Å². The number of carbonyl (C=O) groups excluding carboxylic acids is 1. The summed E-state index contributed by atoms with van der Waals surface area (Å²) in [4.78, 5) is 16.1. The molecule has 0 saturated heterocycles. The summed E-state index contributed by atoms with van der Waals surface area (Å²) in [6, 6.07) is 9.16. The van der Waals surface area contributed by atoms with Gasteiger partial charge in [-0.1, -0.05) is 0 Å². The van der Waals surface area contributed by atoms with Crippen LogP contribution in [0, 0.1) is 0 Å². The number of ether oxygens (including phenoxy) is 2. The van der Waals surface area contributed by atoms with E-state index in [0.29, 0.717) is 23.6 Å². The molecule has 0 aliphatic heterocycles. The van der Waals surface area contributed by atoms with Gasteiger partial charge in [0.1, 0.15) is 0 Å². The first-order valence-electron chi connectivity index (χ1n) is 8.28. The topological polar surface area (TPSA) is 60.5 Å². The lowest BCUT2D eigenvalue weighted by atomic mass is 10.2. The molecule has 0 atom stereocenters. The number of methoxy groups -OCH3 is 1. The van der Waals surface area contributed by atoms with Crippen LogP contribution in [0.5, 0.6) is 11.5 Å². The number of carbonyl (C=O) groups is 1. The predicted molar refractivity (Wildman–Crippen MR) is 92.4 cm³/mol. The third-order valence-electron chi connectivity index (χ3n) is 4.16. The Morgan fingerprint density at radius 1 is 1.17 bits per heavy atom. The summed E-state index contributed by atoms with van der Waals surface area (Å²) < 4.78 is 11.4. The maximum atomic E-state index is 12.2. The second-order valence-electron chi connectivity index (χ2n) is 5.97. The molecule has 0 spiro atoms. The molecule has 2 aromatic rings. The summed E-state index contributed by atoms with van der Waals surface area (Å²) in [5.74, 6) is 1.30. The van der Waals surface area contributed by atoms with Crippen LogP contribution in [0.15, 0.2) is 42.7 Å². The highest BCUT2D eigenvalue weighted by atomic mass is 16.5. The molecule has 1 fully saturated rings. The first-order chi connectivity index (χ1) is 11.7. The quantitative estimate of drug-likeness (QED) is 0.881. The smallest absolute Gasteiger partial charge is 0.228 e. The first-order valence-corrected chi connectivity index (χ1v) is 8.28. The minimum atomic E-state index is -0.0711. The van der Waals surface area contributed by atoms with Gasteiger partial charge in [-0.2, -0.15) is 0 Å². The number of pyridine rings is 1. The zero-order valence-electron chi connectivity index (χ0n) is 13.8. The molecule has 126 valence electrons. The maximum absolute atomic E-state index is 12.2. The van der Waals surface area contributed by atoms with Crippen LogP contribution in [-0.2, 0) is 11.2 Å². The lowest BCUT2D eigenvalue weighted by Crippen LogP contribution is -2.15. The van der Waals surface area contributed by atoms with Crippen LogP contribution in [0.4, 0.5) is 5.69 Å². The third-order valence-corrected chi connectivity index (χ3v) is 4.16. The average molecular weight is 326 g/mol. The standard InChI is InChI=1S/C19H22N2O3/c1-23-17-7-6-15(13-18(17)24-16-4-2-3-5-16)21-19(22)12-14-8-10-20-11-9-14/h6-11,13,16H,2-5,12H2,1H3,(H,21,22). The van der Waals surface area contributed by atoms with Gasteiger partial charge in [-0.3, -0.25) is 9.78 Å². The molecule has 1 aliphatic carbocycles. The van der Waals surface area contributed by atoms with Gasteiger partial charge >= 0.3 is 0 Å². The van der Waals surface area contributed by atoms with Gasteiger partial charge in [0.15, 0.2) is 11.5 Å². The van der Waals surface area contributed by atoms with E-state index in [1.54, 1.807) is 19.5 Å². The molecule has 0 bridgehead atoms.